The Morgan fingerprint density at radius 2 is 1.19 bits per heavy atom. The molecule has 0 bridgehead atoms. The van der Waals surface area contributed by atoms with E-state index in [9.17, 15) is 4.79 Å². The molecule has 3 rings (SSSR count). The molecule has 0 spiro atoms. The number of aryl methyl sites for hydroxylation is 4. The van der Waals surface area contributed by atoms with Crippen LogP contribution >= 0.6 is 0 Å². The number of anilines is 2. The maximum absolute atomic E-state index is 14.2. The molecule has 3 aromatic rings. The lowest BCUT2D eigenvalue weighted by Gasteiger charge is -2.34. The zero-order chi connectivity index (χ0) is 22.4. The Hall–Kier alpha value is -3.07. The predicted molar refractivity (Wildman–Crippen MR) is 131 cm³/mol. The van der Waals surface area contributed by atoms with Gasteiger partial charge in [0.25, 0.3) is 0 Å². The van der Waals surface area contributed by atoms with Crippen LogP contribution in [0, 0.1) is 27.7 Å². The molecule has 3 aromatic carbocycles. The molecule has 0 heterocycles. The number of amides is 2. The van der Waals surface area contributed by atoms with Gasteiger partial charge in [-0.15, -0.1) is 0 Å². The van der Waals surface area contributed by atoms with E-state index in [0.29, 0.717) is 6.54 Å². The highest BCUT2D eigenvalue weighted by molar-refractivity contribution is 6.02. The van der Waals surface area contributed by atoms with Gasteiger partial charge in [-0.05, 0) is 61.9 Å². The number of urea groups is 1. The molecule has 31 heavy (non-hydrogen) atoms. The van der Waals surface area contributed by atoms with E-state index in [4.69, 9.17) is 0 Å². The molecule has 0 saturated carbocycles. The first kappa shape index (κ1) is 22.6. The summed E-state index contributed by atoms with van der Waals surface area (Å²) in [6.45, 7) is 11.9. The van der Waals surface area contributed by atoms with Crippen LogP contribution in [0.3, 0.4) is 0 Å². The van der Waals surface area contributed by atoms with E-state index in [1.54, 1.807) is 0 Å². The first-order chi connectivity index (χ1) is 14.9. The summed E-state index contributed by atoms with van der Waals surface area (Å²) < 4.78 is 0. The van der Waals surface area contributed by atoms with Gasteiger partial charge in [-0.3, -0.25) is 4.90 Å². The standard InChI is InChI=1S/C28H34N2O/c1-6-7-19-29(20-25-17-9-8-10-18-25)28(31)30(26-21(2)13-11-14-22(26)3)27-23(4)15-12-16-24(27)5/h8-18H,6-7,19-20H2,1-5H3. The lowest BCUT2D eigenvalue weighted by molar-refractivity contribution is 0.203. The fourth-order valence-corrected chi connectivity index (χ4v) is 4.16. The predicted octanol–water partition coefficient (Wildman–Crippen LogP) is 7.48. The number of nitrogens with zero attached hydrogens (tertiary/aromatic N) is 2. The van der Waals surface area contributed by atoms with Crippen molar-refractivity contribution in [1.29, 1.82) is 0 Å². The summed E-state index contributed by atoms with van der Waals surface area (Å²) in [6, 6.07) is 22.8. The lowest BCUT2D eigenvalue weighted by atomic mass is 10.0. The number of carbonyl (C=O) groups is 1. The van der Waals surface area contributed by atoms with Crippen LogP contribution in [0.1, 0.15) is 47.6 Å². The van der Waals surface area contributed by atoms with Gasteiger partial charge >= 0.3 is 6.03 Å². The third-order valence-electron chi connectivity index (χ3n) is 5.79. The number of unbranched alkanes of at least 4 members (excludes halogenated alkanes) is 1. The van der Waals surface area contributed by atoms with E-state index in [1.807, 2.05) is 28.0 Å². The Morgan fingerprint density at radius 1 is 0.710 bits per heavy atom. The second-order valence-corrected chi connectivity index (χ2v) is 8.36. The highest BCUT2D eigenvalue weighted by Gasteiger charge is 2.28. The Morgan fingerprint density at radius 3 is 1.65 bits per heavy atom. The van der Waals surface area contributed by atoms with Crippen LogP contribution in [0.25, 0.3) is 0 Å². The van der Waals surface area contributed by atoms with Crippen molar-refractivity contribution in [3.63, 3.8) is 0 Å². The minimum Gasteiger partial charge on any atom is -0.320 e. The van der Waals surface area contributed by atoms with Crippen LogP contribution in [0.15, 0.2) is 66.7 Å². The number of hydrogen-bond donors (Lipinski definition) is 0. The minimum absolute atomic E-state index is 0.0344. The van der Waals surface area contributed by atoms with Crippen LogP contribution in [0.2, 0.25) is 0 Å². The molecule has 162 valence electrons. The van der Waals surface area contributed by atoms with Crippen molar-refractivity contribution in [2.24, 2.45) is 0 Å². The van der Waals surface area contributed by atoms with E-state index >= 15 is 0 Å². The monoisotopic (exact) mass is 414 g/mol. The van der Waals surface area contributed by atoms with Crippen molar-refractivity contribution in [2.45, 2.75) is 54.0 Å². The third kappa shape index (κ3) is 5.16. The third-order valence-corrected chi connectivity index (χ3v) is 5.79. The first-order valence-electron chi connectivity index (χ1n) is 11.2. The van der Waals surface area contributed by atoms with E-state index < -0.39 is 0 Å². The van der Waals surface area contributed by atoms with Crippen LogP contribution in [0.4, 0.5) is 16.2 Å². The summed E-state index contributed by atoms with van der Waals surface area (Å²) >= 11 is 0. The highest BCUT2D eigenvalue weighted by atomic mass is 16.2. The molecule has 3 nitrogen and oxygen atoms in total. The van der Waals surface area contributed by atoms with E-state index in [2.05, 4.69) is 83.1 Å². The molecular formula is C28H34N2O. The van der Waals surface area contributed by atoms with Gasteiger partial charge in [0.1, 0.15) is 0 Å². The number of para-hydroxylation sites is 2. The average molecular weight is 415 g/mol. The zero-order valence-electron chi connectivity index (χ0n) is 19.5. The molecule has 0 saturated heterocycles. The van der Waals surface area contributed by atoms with Crippen molar-refractivity contribution in [3.8, 4) is 0 Å². The van der Waals surface area contributed by atoms with E-state index in [1.165, 1.54) is 0 Å². The molecule has 0 radical (unpaired) electrons. The highest BCUT2D eigenvalue weighted by Crippen LogP contribution is 2.37. The number of rotatable bonds is 7. The summed E-state index contributed by atoms with van der Waals surface area (Å²) in [5.74, 6) is 0. The number of carbonyl (C=O) groups excluding carboxylic acids is 1. The molecule has 0 aliphatic carbocycles. The van der Waals surface area contributed by atoms with Gasteiger partial charge < -0.3 is 4.90 Å². The van der Waals surface area contributed by atoms with Gasteiger partial charge in [-0.1, -0.05) is 80.1 Å². The first-order valence-corrected chi connectivity index (χ1v) is 11.2. The molecule has 2 amide bonds. The minimum atomic E-state index is 0.0344. The fraction of sp³-hybridized carbons (Fsp3) is 0.321. The summed E-state index contributed by atoms with van der Waals surface area (Å²) in [6.07, 6.45) is 2.03. The quantitative estimate of drug-likeness (QED) is 0.393. The van der Waals surface area contributed by atoms with Gasteiger partial charge in [0, 0.05) is 13.1 Å². The largest absolute Gasteiger partial charge is 0.329 e. The maximum atomic E-state index is 14.2. The maximum Gasteiger partial charge on any atom is 0.329 e. The Labute approximate surface area is 187 Å². The van der Waals surface area contributed by atoms with Crippen molar-refractivity contribution in [3.05, 3.63) is 94.5 Å². The Bertz CT molecular complexity index is 934. The Balaban J connectivity index is 2.13. The molecule has 0 unspecified atom stereocenters. The van der Waals surface area contributed by atoms with Crippen LogP contribution in [-0.2, 0) is 6.54 Å². The molecule has 3 heteroatoms. The average Bonchev–Trinajstić information content (AvgIpc) is 2.75. The molecule has 0 fully saturated rings. The molecule has 0 N–H and O–H groups in total. The number of hydrogen-bond acceptors (Lipinski definition) is 1. The summed E-state index contributed by atoms with van der Waals surface area (Å²) in [7, 11) is 0. The molecule has 0 atom stereocenters. The van der Waals surface area contributed by atoms with Crippen molar-refractivity contribution in [1.82, 2.24) is 4.90 Å². The van der Waals surface area contributed by atoms with Crippen LogP contribution in [0.5, 0.6) is 0 Å². The molecular weight excluding hydrogens is 380 g/mol. The zero-order valence-corrected chi connectivity index (χ0v) is 19.5. The van der Waals surface area contributed by atoms with Gasteiger partial charge in [0.05, 0.1) is 11.4 Å². The van der Waals surface area contributed by atoms with E-state index in [-0.39, 0.29) is 6.03 Å². The van der Waals surface area contributed by atoms with Gasteiger partial charge in [0.15, 0.2) is 0 Å². The van der Waals surface area contributed by atoms with Crippen molar-refractivity contribution < 1.29 is 4.79 Å². The number of benzene rings is 3. The van der Waals surface area contributed by atoms with Crippen LogP contribution < -0.4 is 4.90 Å². The molecule has 0 aromatic heterocycles. The lowest BCUT2D eigenvalue weighted by Crippen LogP contribution is -2.42. The van der Waals surface area contributed by atoms with E-state index in [0.717, 1.165) is 58.6 Å². The van der Waals surface area contributed by atoms with Gasteiger partial charge in [-0.25, -0.2) is 4.79 Å². The van der Waals surface area contributed by atoms with Gasteiger partial charge in [0.2, 0.25) is 0 Å². The fourth-order valence-electron chi connectivity index (χ4n) is 4.16. The SMILES string of the molecule is CCCCN(Cc1ccccc1)C(=O)N(c1c(C)cccc1C)c1c(C)cccc1C. The van der Waals surface area contributed by atoms with Crippen molar-refractivity contribution >= 4 is 17.4 Å². The van der Waals surface area contributed by atoms with Gasteiger partial charge in [-0.2, -0.15) is 0 Å². The second-order valence-electron chi connectivity index (χ2n) is 8.36. The second kappa shape index (κ2) is 10.3. The topological polar surface area (TPSA) is 23.6 Å². The van der Waals surface area contributed by atoms with Crippen LogP contribution in [-0.4, -0.2) is 17.5 Å². The Kier molecular flexibility index (Phi) is 7.51. The van der Waals surface area contributed by atoms with Crippen molar-refractivity contribution in [2.75, 3.05) is 11.4 Å². The normalized spacial score (nSPS) is 10.7. The molecule has 0 aliphatic heterocycles. The summed E-state index contributed by atoms with van der Waals surface area (Å²) in [5, 5.41) is 0. The smallest absolute Gasteiger partial charge is 0.320 e. The summed E-state index contributed by atoms with van der Waals surface area (Å²) in [5.41, 5.74) is 7.53. The molecule has 0 aliphatic rings. The summed E-state index contributed by atoms with van der Waals surface area (Å²) in [4.78, 5) is 18.2.